The van der Waals surface area contributed by atoms with E-state index in [2.05, 4.69) is 15.0 Å². The van der Waals surface area contributed by atoms with Crippen LogP contribution >= 0.6 is 0 Å². The maximum Gasteiger partial charge on any atom is 0.246 e. The van der Waals surface area contributed by atoms with Crippen LogP contribution in [-0.4, -0.2) is 64.7 Å². The van der Waals surface area contributed by atoms with Crippen LogP contribution in [0.4, 0.5) is 0 Å². The van der Waals surface area contributed by atoms with Crippen molar-refractivity contribution >= 4 is 15.9 Å². The second-order valence-electron chi connectivity index (χ2n) is 8.35. The average molecular weight is 444 g/mol. The highest BCUT2D eigenvalue weighted by atomic mass is 32.2. The maximum absolute atomic E-state index is 13.2. The summed E-state index contributed by atoms with van der Waals surface area (Å²) >= 11 is 0. The minimum Gasteiger partial charge on any atom is -0.340 e. The molecular formula is C22H29N5O3S. The molecule has 0 radical (unpaired) electrons. The largest absolute Gasteiger partial charge is 0.340 e. The van der Waals surface area contributed by atoms with Crippen molar-refractivity contribution in [1.29, 1.82) is 0 Å². The van der Waals surface area contributed by atoms with Gasteiger partial charge in [0, 0.05) is 50.6 Å². The normalized spacial score (nSPS) is 18.4. The van der Waals surface area contributed by atoms with Gasteiger partial charge in [-0.1, -0.05) is 25.7 Å². The summed E-state index contributed by atoms with van der Waals surface area (Å²) in [5.41, 5.74) is 1.20. The second-order valence-corrected chi connectivity index (χ2v) is 10.3. The molecule has 2 fully saturated rings. The van der Waals surface area contributed by atoms with E-state index in [1.807, 2.05) is 0 Å². The predicted molar refractivity (Wildman–Crippen MR) is 117 cm³/mol. The van der Waals surface area contributed by atoms with E-state index in [1.54, 1.807) is 36.4 Å². The van der Waals surface area contributed by atoms with E-state index in [9.17, 15) is 13.2 Å². The molecule has 2 aromatic rings. The Hall–Kier alpha value is -2.39. The quantitative estimate of drug-likeness (QED) is 0.681. The Morgan fingerprint density at radius 1 is 1.10 bits per heavy atom. The highest BCUT2D eigenvalue weighted by molar-refractivity contribution is 7.89. The van der Waals surface area contributed by atoms with Crippen LogP contribution in [0.25, 0.3) is 11.4 Å². The fourth-order valence-corrected chi connectivity index (χ4v) is 5.98. The van der Waals surface area contributed by atoms with Gasteiger partial charge in [0.05, 0.1) is 11.9 Å². The molecule has 1 amide bonds. The number of sulfonamides is 1. The SMILES string of the molecule is Cc1nc(-c2ccncc2)ncc1S(=O)(=O)N1CCN(C(=O)CCC2CCCC2)CC1. The first-order chi connectivity index (χ1) is 14.9. The van der Waals surface area contributed by atoms with Crippen molar-refractivity contribution in [2.75, 3.05) is 26.2 Å². The summed E-state index contributed by atoms with van der Waals surface area (Å²) in [6.07, 6.45) is 11.2. The number of rotatable bonds is 6. The van der Waals surface area contributed by atoms with Gasteiger partial charge in [-0.05, 0) is 31.4 Å². The van der Waals surface area contributed by atoms with Crippen LogP contribution in [-0.2, 0) is 14.8 Å². The molecule has 0 unspecified atom stereocenters. The highest BCUT2D eigenvalue weighted by Crippen LogP contribution is 2.29. The minimum absolute atomic E-state index is 0.117. The van der Waals surface area contributed by atoms with Gasteiger partial charge in [-0.15, -0.1) is 0 Å². The summed E-state index contributed by atoms with van der Waals surface area (Å²) in [6.45, 7) is 3.13. The standard InChI is InChI=1S/C22H29N5O3S/c1-17-20(16-24-22(25-17)19-8-10-23-11-9-19)31(29,30)27-14-12-26(13-15-27)21(28)7-6-18-4-2-3-5-18/h8-11,16,18H,2-7,12-15H2,1H3. The summed E-state index contributed by atoms with van der Waals surface area (Å²) in [7, 11) is -3.71. The Bertz CT molecular complexity index is 1010. The van der Waals surface area contributed by atoms with Crippen molar-refractivity contribution in [2.24, 2.45) is 5.92 Å². The number of carbonyl (C=O) groups is 1. The molecule has 0 spiro atoms. The molecule has 31 heavy (non-hydrogen) atoms. The Balaban J connectivity index is 1.38. The van der Waals surface area contributed by atoms with E-state index in [4.69, 9.17) is 0 Å². The molecule has 1 saturated carbocycles. The van der Waals surface area contributed by atoms with Crippen LogP contribution in [0.2, 0.25) is 0 Å². The zero-order chi connectivity index (χ0) is 21.8. The molecule has 0 N–H and O–H groups in total. The first kappa shape index (κ1) is 21.8. The molecule has 0 atom stereocenters. The van der Waals surface area contributed by atoms with Crippen LogP contribution in [0.1, 0.15) is 44.2 Å². The van der Waals surface area contributed by atoms with Gasteiger partial charge in [0.2, 0.25) is 15.9 Å². The lowest BCUT2D eigenvalue weighted by Gasteiger charge is -2.34. The molecule has 1 aliphatic heterocycles. The molecule has 9 heteroatoms. The lowest BCUT2D eigenvalue weighted by Crippen LogP contribution is -2.50. The minimum atomic E-state index is -3.71. The third-order valence-corrected chi connectivity index (χ3v) is 8.32. The number of aryl methyl sites for hydroxylation is 1. The zero-order valence-electron chi connectivity index (χ0n) is 17.9. The first-order valence-corrected chi connectivity index (χ1v) is 12.4. The third kappa shape index (κ3) is 4.93. The van der Waals surface area contributed by atoms with Gasteiger partial charge in [0.25, 0.3) is 0 Å². The summed E-state index contributed by atoms with van der Waals surface area (Å²) in [4.78, 5) is 27.1. The average Bonchev–Trinajstić information content (AvgIpc) is 3.31. The van der Waals surface area contributed by atoms with Crippen molar-refractivity contribution in [3.63, 3.8) is 0 Å². The third-order valence-electron chi connectivity index (χ3n) is 6.32. The number of pyridine rings is 1. The molecule has 0 bridgehead atoms. The number of carbonyl (C=O) groups excluding carboxylic acids is 1. The lowest BCUT2D eigenvalue weighted by atomic mass is 10.0. The van der Waals surface area contributed by atoms with E-state index >= 15 is 0 Å². The van der Waals surface area contributed by atoms with Crippen LogP contribution in [0.15, 0.2) is 35.6 Å². The van der Waals surface area contributed by atoms with Gasteiger partial charge in [-0.2, -0.15) is 4.31 Å². The predicted octanol–water partition coefficient (Wildman–Crippen LogP) is 2.65. The van der Waals surface area contributed by atoms with Gasteiger partial charge in [-0.3, -0.25) is 9.78 Å². The van der Waals surface area contributed by atoms with Crippen molar-refractivity contribution < 1.29 is 13.2 Å². The van der Waals surface area contributed by atoms with E-state index in [0.29, 0.717) is 50.0 Å². The highest BCUT2D eigenvalue weighted by Gasteiger charge is 2.32. The van der Waals surface area contributed by atoms with Crippen molar-refractivity contribution in [2.45, 2.75) is 50.3 Å². The van der Waals surface area contributed by atoms with Crippen molar-refractivity contribution in [1.82, 2.24) is 24.2 Å². The summed E-state index contributed by atoms with van der Waals surface area (Å²) in [5.74, 6) is 1.30. The Kier molecular flexibility index (Phi) is 6.62. The van der Waals surface area contributed by atoms with Gasteiger partial charge < -0.3 is 4.90 Å². The summed E-state index contributed by atoms with van der Waals surface area (Å²) in [5, 5.41) is 0. The number of aromatic nitrogens is 3. The first-order valence-electron chi connectivity index (χ1n) is 11.0. The summed E-state index contributed by atoms with van der Waals surface area (Å²) in [6, 6.07) is 3.57. The van der Waals surface area contributed by atoms with Gasteiger partial charge >= 0.3 is 0 Å². The monoisotopic (exact) mass is 443 g/mol. The molecule has 4 rings (SSSR count). The van der Waals surface area contributed by atoms with Gasteiger partial charge in [0.15, 0.2) is 5.82 Å². The van der Waals surface area contributed by atoms with Crippen LogP contribution < -0.4 is 0 Å². The fourth-order valence-electron chi connectivity index (χ4n) is 4.45. The van der Waals surface area contributed by atoms with Crippen LogP contribution in [0.5, 0.6) is 0 Å². The zero-order valence-corrected chi connectivity index (χ0v) is 18.7. The Morgan fingerprint density at radius 2 is 1.77 bits per heavy atom. The molecule has 1 saturated heterocycles. The molecular weight excluding hydrogens is 414 g/mol. The molecule has 1 aliphatic carbocycles. The molecule has 2 aliphatic rings. The molecule has 166 valence electrons. The topological polar surface area (TPSA) is 96.4 Å². The number of hydrogen-bond donors (Lipinski definition) is 0. The Labute approximate surface area is 183 Å². The van der Waals surface area contributed by atoms with Crippen molar-refractivity contribution in [3.8, 4) is 11.4 Å². The van der Waals surface area contributed by atoms with Crippen LogP contribution in [0, 0.1) is 12.8 Å². The van der Waals surface area contributed by atoms with Gasteiger partial charge in [0.1, 0.15) is 4.90 Å². The molecule has 8 nitrogen and oxygen atoms in total. The van der Waals surface area contributed by atoms with Crippen molar-refractivity contribution in [3.05, 3.63) is 36.4 Å². The fraction of sp³-hybridized carbons (Fsp3) is 0.545. The molecule has 2 aromatic heterocycles. The second kappa shape index (κ2) is 9.40. The number of nitrogens with zero attached hydrogens (tertiary/aromatic N) is 5. The smallest absolute Gasteiger partial charge is 0.246 e. The number of piperazine rings is 1. The van der Waals surface area contributed by atoms with E-state index in [0.717, 1.165) is 12.0 Å². The summed E-state index contributed by atoms with van der Waals surface area (Å²) < 4.78 is 27.8. The number of hydrogen-bond acceptors (Lipinski definition) is 6. The van der Waals surface area contributed by atoms with E-state index < -0.39 is 10.0 Å². The van der Waals surface area contributed by atoms with E-state index in [1.165, 1.54) is 36.2 Å². The number of amides is 1. The molecule has 0 aromatic carbocycles. The van der Waals surface area contributed by atoms with Gasteiger partial charge in [-0.25, -0.2) is 18.4 Å². The molecule has 3 heterocycles. The van der Waals surface area contributed by atoms with Crippen LogP contribution in [0.3, 0.4) is 0 Å². The lowest BCUT2D eigenvalue weighted by molar-refractivity contribution is -0.132. The Morgan fingerprint density at radius 3 is 2.42 bits per heavy atom. The maximum atomic E-state index is 13.2. The van der Waals surface area contributed by atoms with E-state index in [-0.39, 0.29) is 10.8 Å².